The van der Waals surface area contributed by atoms with E-state index in [1.807, 2.05) is 0 Å². The van der Waals surface area contributed by atoms with Gasteiger partial charge in [-0.3, -0.25) is 4.57 Å². The number of nitrogens with zero attached hydrogens (tertiary/aromatic N) is 1. The van der Waals surface area contributed by atoms with Crippen molar-refractivity contribution >= 4 is 17.6 Å². The Kier molecular flexibility index (Phi) is 8.39. The fraction of sp³-hybridized carbons (Fsp3) is 0.409. The molecule has 7 nitrogen and oxygen atoms in total. The molecule has 0 amide bonds. The maximum Gasteiger partial charge on any atom is 0.416 e. The van der Waals surface area contributed by atoms with Gasteiger partial charge in [-0.05, 0) is 64.4 Å². The van der Waals surface area contributed by atoms with Gasteiger partial charge in [-0.25, -0.2) is 8.42 Å². The van der Waals surface area contributed by atoms with Crippen molar-refractivity contribution in [2.45, 2.75) is 63.2 Å². The van der Waals surface area contributed by atoms with Crippen LogP contribution >= 0.6 is 7.60 Å². The van der Waals surface area contributed by atoms with E-state index in [1.54, 1.807) is 13.0 Å². The van der Waals surface area contributed by atoms with Gasteiger partial charge in [0.05, 0.1) is 22.7 Å². The minimum Gasteiger partial charge on any atom is -0.304 e. The third-order valence-corrected chi connectivity index (χ3v) is 8.82. The number of sulfonamides is 1. The lowest BCUT2D eigenvalue weighted by molar-refractivity contribution is -0.137. The van der Waals surface area contributed by atoms with E-state index in [0.717, 1.165) is 17.7 Å². The Morgan fingerprint density at radius 1 is 0.912 bits per heavy atom. The van der Waals surface area contributed by atoms with Crippen molar-refractivity contribution in [1.82, 2.24) is 4.72 Å². The Morgan fingerprint density at radius 3 is 1.74 bits per heavy atom. The summed E-state index contributed by atoms with van der Waals surface area (Å²) in [7, 11) is -9.22. The first-order chi connectivity index (χ1) is 15.6. The number of hydrogen-bond acceptors (Lipinski definition) is 6. The van der Waals surface area contributed by atoms with Crippen molar-refractivity contribution < 1.29 is 35.2 Å². The number of halogens is 3. The molecule has 0 unspecified atom stereocenters. The molecule has 186 valence electrons. The molecule has 0 heterocycles. The summed E-state index contributed by atoms with van der Waals surface area (Å²) in [4.78, 5) is -0.245. The molecular weight excluding hydrogens is 492 g/mol. The van der Waals surface area contributed by atoms with Crippen LogP contribution in [0, 0.1) is 18.3 Å². The number of nitriles is 1. The van der Waals surface area contributed by atoms with Crippen LogP contribution < -0.4 is 4.72 Å². The second kappa shape index (κ2) is 10.2. The van der Waals surface area contributed by atoms with E-state index in [1.165, 1.54) is 52.0 Å². The van der Waals surface area contributed by atoms with Gasteiger partial charge in [-0.2, -0.15) is 23.2 Å². The lowest BCUT2D eigenvalue weighted by Gasteiger charge is -2.36. The van der Waals surface area contributed by atoms with Crippen LogP contribution in [0.4, 0.5) is 13.2 Å². The Labute approximate surface area is 197 Å². The quantitative estimate of drug-likeness (QED) is 0.426. The van der Waals surface area contributed by atoms with E-state index >= 15 is 0 Å². The number of aryl methyl sites for hydroxylation is 1. The second-order valence-corrected chi connectivity index (χ2v) is 11.9. The molecule has 1 atom stereocenters. The van der Waals surface area contributed by atoms with E-state index in [0.29, 0.717) is 12.1 Å². The summed E-state index contributed by atoms with van der Waals surface area (Å²) in [6.07, 6.45) is -6.24. The van der Waals surface area contributed by atoms with Gasteiger partial charge in [0, 0.05) is 0 Å². The first-order valence-electron chi connectivity index (χ1n) is 10.2. The number of benzene rings is 2. The van der Waals surface area contributed by atoms with Gasteiger partial charge >= 0.3 is 13.8 Å². The molecule has 0 aromatic heterocycles. The molecule has 2 aromatic carbocycles. The normalized spacial score (nSPS) is 14.7. The van der Waals surface area contributed by atoms with Gasteiger partial charge in [0.2, 0.25) is 15.3 Å². The van der Waals surface area contributed by atoms with Crippen LogP contribution in [0.5, 0.6) is 0 Å². The third kappa shape index (κ3) is 6.06. The molecule has 12 heteroatoms. The van der Waals surface area contributed by atoms with Crippen molar-refractivity contribution in [1.29, 1.82) is 5.26 Å². The zero-order chi connectivity index (χ0) is 25.9. The fourth-order valence-electron chi connectivity index (χ4n) is 3.03. The summed E-state index contributed by atoms with van der Waals surface area (Å²) in [6.45, 7) is 7.74. The molecule has 0 saturated carbocycles. The minimum absolute atomic E-state index is 0.245. The average molecular weight is 518 g/mol. The highest BCUT2D eigenvalue weighted by molar-refractivity contribution is 7.90. The summed E-state index contributed by atoms with van der Waals surface area (Å²) in [5, 5.41) is 7.56. The standard InChI is InChI=1S/C22H26F3N2O5PS/c1-15(2)31-33(28,32-16(3)4)21(14-26,18-8-10-19(11-9-18)22(23,24)25)27-34(29,30)20-12-6-17(5)7-13-20/h6-13,15-16,27H,1-5H3/t21-/m1/s1. The molecule has 1 N–H and O–H groups in total. The molecule has 2 rings (SSSR count). The predicted molar refractivity (Wildman–Crippen MR) is 120 cm³/mol. The van der Waals surface area contributed by atoms with Crippen LogP contribution in [0.2, 0.25) is 0 Å². The SMILES string of the molecule is Cc1ccc(S(=O)(=O)N[C@@](C#N)(c2ccc(C(F)(F)F)cc2)P(=O)(OC(C)C)OC(C)C)cc1. The van der Waals surface area contributed by atoms with Crippen molar-refractivity contribution in [2.24, 2.45) is 0 Å². The van der Waals surface area contributed by atoms with Gasteiger partial charge in [-0.1, -0.05) is 29.8 Å². The first kappa shape index (κ1) is 28.0. The summed E-state index contributed by atoms with van der Waals surface area (Å²) in [5.74, 6) is 0. The van der Waals surface area contributed by atoms with Crippen molar-refractivity contribution in [3.63, 3.8) is 0 Å². The lowest BCUT2D eigenvalue weighted by Crippen LogP contribution is -2.46. The van der Waals surface area contributed by atoms with Gasteiger partial charge in [-0.15, -0.1) is 0 Å². The lowest BCUT2D eigenvalue weighted by atomic mass is 10.1. The van der Waals surface area contributed by atoms with E-state index < -0.39 is 46.8 Å². The molecule has 0 aliphatic carbocycles. The summed E-state index contributed by atoms with van der Waals surface area (Å²) in [5.41, 5.74) is -0.595. The van der Waals surface area contributed by atoms with Crippen molar-refractivity contribution in [3.05, 3.63) is 65.2 Å². The summed E-state index contributed by atoms with van der Waals surface area (Å²) >= 11 is 0. The zero-order valence-electron chi connectivity index (χ0n) is 19.3. The zero-order valence-corrected chi connectivity index (χ0v) is 21.0. The third-order valence-electron chi connectivity index (χ3n) is 4.52. The molecule has 0 saturated heterocycles. The molecule has 0 fully saturated rings. The number of rotatable bonds is 9. The molecule has 0 aliphatic rings. The van der Waals surface area contributed by atoms with Gasteiger partial charge in [0.1, 0.15) is 6.07 Å². The number of alkyl halides is 3. The smallest absolute Gasteiger partial charge is 0.304 e. The maximum absolute atomic E-state index is 14.1. The van der Waals surface area contributed by atoms with Crippen LogP contribution in [0.3, 0.4) is 0 Å². The average Bonchev–Trinajstić information content (AvgIpc) is 2.70. The maximum atomic E-state index is 14.1. The van der Waals surface area contributed by atoms with E-state index in [-0.39, 0.29) is 10.5 Å². The Bertz CT molecular complexity index is 1180. The van der Waals surface area contributed by atoms with E-state index in [4.69, 9.17) is 9.05 Å². The van der Waals surface area contributed by atoms with E-state index in [9.17, 15) is 31.4 Å². The topological polar surface area (TPSA) is 105 Å². The van der Waals surface area contributed by atoms with Gasteiger partial charge in [0.15, 0.2) is 0 Å². The van der Waals surface area contributed by atoms with Gasteiger partial charge < -0.3 is 9.05 Å². The monoisotopic (exact) mass is 518 g/mol. The largest absolute Gasteiger partial charge is 0.416 e. The Hall–Kier alpha value is -2.22. The second-order valence-electron chi connectivity index (χ2n) is 8.12. The molecule has 34 heavy (non-hydrogen) atoms. The van der Waals surface area contributed by atoms with Crippen LogP contribution in [0.25, 0.3) is 0 Å². The van der Waals surface area contributed by atoms with Crippen LogP contribution in [0.15, 0.2) is 53.4 Å². The molecule has 2 aromatic rings. The molecule has 0 spiro atoms. The highest BCUT2D eigenvalue weighted by Crippen LogP contribution is 2.65. The van der Waals surface area contributed by atoms with E-state index in [2.05, 4.69) is 4.72 Å². The molecule has 0 radical (unpaired) electrons. The predicted octanol–water partition coefficient (Wildman–Crippen LogP) is 5.71. The van der Waals surface area contributed by atoms with Crippen LogP contribution in [-0.4, -0.2) is 20.6 Å². The number of nitrogens with one attached hydrogen (secondary N) is 1. The van der Waals surface area contributed by atoms with Crippen LogP contribution in [0.1, 0.15) is 44.4 Å². The van der Waals surface area contributed by atoms with Crippen molar-refractivity contribution in [3.8, 4) is 6.07 Å². The molecule has 0 aliphatic heterocycles. The molecular formula is C22H26F3N2O5PS. The number of hydrogen-bond donors (Lipinski definition) is 1. The highest BCUT2D eigenvalue weighted by Gasteiger charge is 2.57. The summed E-state index contributed by atoms with van der Waals surface area (Å²) < 4.78 is 93.2. The minimum atomic E-state index is -4.71. The first-order valence-corrected chi connectivity index (χ1v) is 13.3. The van der Waals surface area contributed by atoms with Crippen LogP contribution in [-0.2, 0) is 35.1 Å². The molecule has 0 bridgehead atoms. The fourth-order valence-corrected chi connectivity index (χ4v) is 7.07. The van der Waals surface area contributed by atoms with Crippen molar-refractivity contribution in [2.75, 3.05) is 0 Å². The Balaban J connectivity index is 2.81. The van der Waals surface area contributed by atoms with Gasteiger partial charge in [0.25, 0.3) is 0 Å². The Morgan fingerprint density at radius 2 is 1.35 bits per heavy atom. The highest BCUT2D eigenvalue weighted by atomic mass is 32.2. The summed E-state index contributed by atoms with van der Waals surface area (Å²) in [6, 6.07) is 10.4.